The molecule has 0 bridgehead atoms. The first-order chi connectivity index (χ1) is 10.8. The van der Waals surface area contributed by atoms with Crippen molar-refractivity contribution in [2.45, 2.75) is 50.7 Å². The van der Waals surface area contributed by atoms with Gasteiger partial charge in [-0.15, -0.1) is 12.4 Å². The summed E-state index contributed by atoms with van der Waals surface area (Å²) >= 11 is 0. The number of piperazine rings is 1. The summed E-state index contributed by atoms with van der Waals surface area (Å²) < 4.78 is 8.31. The summed E-state index contributed by atoms with van der Waals surface area (Å²) in [6, 6.07) is 0.367. The Hall–Kier alpha value is -0.620. The van der Waals surface area contributed by atoms with Crippen molar-refractivity contribution in [3.63, 3.8) is 0 Å². The molecule has 2 aliphatic rings. The minimum atomic E-state index is 0. The smallest absolute Gasteiger partial charge is 0.127 e. The highest BCUT2D eigenvalue weighted by Gasteiger charge is 2.26. The number of halogens is 1. The Morgan fingerprint density at radius 2 is 2.04 bits per heavy atom. The molecule has 6 heteroatoms. The largest absolute Gasteiger partial charge is 0.377 e. The van der Waals surface area contributed by atoms with Gasteiger partial charge in [-0.2, -0.15) is 0 Å². The molecule has 23 heavy (non-hydrogen) atoms. The predicted molar refractivity (Wildman–Crippen MR) is 95.1 cm³/mol. The molecule has 1 unspecified atom stereocenters. The van der Waals surface area contributed by atoms with Crippen molar-refractivity contribution in [3.05, 3.63) is 18.2 Å². The first-order valence-corrected chi connectivity index (χ1v) is 8.88. The van der Waals surface area contributed by atoms with E-state index in [1.54, 1.807) is 0 Å². The molecule has 0 amide bonds. The third kappa shape index (κ3) is 5.18. The van der Waals surface area contributed by atoms with Gasteiger partial charge in [-0.1, -0.05) is 25.7 Å². The quantitative estimate of drug-likeness (QED) is 0.835. The van der Waals surface area contributed by atoms with Gasteiger partial charge in [0, 0.05) is 45.6 Å². The zero-order chi connectivity index (χ0) is 15.2. The SMILES string of the molecule is Cl.Cn1ccnc1C1CNCCN1CCOC1CCCCCC1. The lowest BCUT2D eigenvalue weighted by atomic mass is 10.1. The number of aryl methyl sites for hydroxylation is 1. The molecule has 2 heterocycles. The van der Waals surface area contributed by atoms with E-state index in [1.165, 1.54) is 38.5 Å². The second-order valence-corrected chi connectivity index (χ2v) is 6.64. The molecule has 0 radical (unpaired) electrons. The Balaban J connectivity index is 0.00000192. The first-order valence-electron chi connectivity index (χ1n) is 8.88. The number of ether oxygens (including phenoxy) is 1. The monoisotopic (exact) mass is 342 g/mol. The van der Waals surface area contributed by atoms with E-state index in [1.807, 2.05) is 12.4 Å². The molecule has 2 fully saturated rings. The predicted octanol–water partition coefficient (Wildman–Crippen LogP) is 2.53. The van der Waals surface area contributed by atoms with Crippen molar-refractivity contribution in [3.8, 4) is 0 Å². The molecular weight excluding hydrogens is 312 g/mol. The van der Waals surface area contributed by atoms with Crippen molar-refractivity contribution in [2.75, 3.05) is 32.8 Å². The van der Waals surface area contributed by atoms with E-state index in [9.17, 15) is 0 Å². The topological polar surface area (TPSA) is 42.3 Å². The highest BCUT2D eigenvalue weighted by molar-refractivity contribution is 5.85. The zero-order valence-corrected chi connectivity index (χ0v) is 15.1. The van der Waals surface area contributed by atoms with Crippen LogP contribution in [-0.4, -0.2) is 53.3 Å². The number of aromatic nitrogens is 2. The summed E-state index contributed by atoms with van der Waals surface area (Å²) in [6.07, 6.45) is 12.4. The van der Waals surface area contributed by atoms with Crippen LogP contribution < -0.4 is 5.32 Å². The lowest BCUT2D eigenvalue weighted by molar-refractivity contribution is 0.0169. The lowest BCUT2D eigenvalue weighted by Crippen LogP contribution is -2.48. The molecule has 1 aliphatic carbocycles. The van der Waals surface area contributed by atoms with Crippen molar-refractivity contribution >= 4 is 12.4 Å². The molecule has 1 saturated heterocycles. The van der Waals surface area contributed by atoms with Crippen molar-refractivity contribution in [1.82, 2.24) is 19.8 Å². The van der Waals surface area contributed by atoms with Crippen LogP contribution in [0.15, 0.2) is 12.4 Å². The van der Waals surface area contributed by atoms with Crippen molar-refractivity contribution in [2.24, 2.45) is 7.05 Å². The number of imidazole rings is 1. The molecule has 132 valence electrons. The summed E-state index contributed by atoms with van der Waals surface area (Å²) in [5.74, 6) is 1.15. The molecule has 5 nitrogen and oxygen atoms in total. The van der Waals surface area contributed by atoms with Crippen molar-refractivity contribution < 1.29 is 4.74 Å². The molecule has 0 spiro atoms. The number of hydrogen-bond acceptors (Lipinski definition) is 4. The van der Waals surface area contributed by atoms with Gasteiger partial charge in [-0.25, -0.2) is 4.98 Å². The minimum absolute atomic E-state index is 0. The van der Waals surface area contributed by atoms with Crippen molar-refractivity contribution in [1.29, 1.82) is 0 Å². The molecule has 0 aromatic carbocycles. The van der Waals surface area contributed by atoms with Gasteiger partial charge >= 0.3 is 0 Å². The molecule has 3 rings (SSSR count). The highest BCUT2D eigenvalue weighted by Crippen LogP contribution is 2.22. The molecule has 1 aliphatic heterocycles. The molecule has 1 aromatic heterocycles. The summed E-state index contributed by atoms with van der Waals surface area (Å²) in [5, 5.41) is 3.49. The summed E-state index contributed by atoms with van der Waals surface area (Å²) in [7, 11) is 2.08. The summed E-state index contributed by atoms with van der Waals surface area (Å²) in [6.45, 7) is 4.98. The molecule has 1 atom stereocenters. The van der Waals surface area contributed by atoms with Crippen LogP contribution in [-0.2, 0) is 11.8 Å². The fourth-order valence-electron chi connectivity index (χ4n) is 3.71. The Labute approximate surface area is 146 Å². The van der Waals surface area contributed by atoms with E-state index in [-0.39, 0.29) is 12.4 Å². The lowest BCUT2D eigenvalue weighted by Gasteiger charge is -2.35. The Bertz CT molecular complexity index is 446. The third-order valence-electron chi connectivity index (χ3n) is 5.04. The number of nitrogens with zero attached hydrogens (tertiary/aromatic N) is 3. The van der Waals surface area contributed by atoms with E-state index in [0.29, 0.717) is 12.1 Å². The maximum atomic E-state index is 6.17. The highest BCUT2D eigenvalue weighted by atomic mass is 35.5. The summed E-state index contributed by atoms with van der Waals surface area (Å²) in [5.41, 5.74) is 0. The van der Waals surface area contributed by atoms with Crippen LogP contribution in [0.5, 0.6) is 0 Å². The van der Waals surface area contributed by atoms with Gasteiger partial charge in [0.2, 0.25) is 0 Å². The van der Waals surface area contributed by atoms with E-state index in [4.69, 9.17) is 4.74 Å². The molecule has 1 aromatic rings. The third-order valence-corrected chi connectivity index (χ3v) is 5.04. The van der Waals surface area contributed by atoms with Crippen LogP contribution in [0.25, 0.3) is 0 Å². The van der Waals surface area contributed by atoms with Gasteiger partial charge in [-0.3, -0.25) is 4.90 Å². The van der Waals surface area contributed by atoms with E-state index in [0.717, 1.165) is 38.6 Å². The Kier molecular flexibility index (Phi) is 7.83. The van der Waals surface area contributed by atoms with Crippen LogP contribution >= 0.6 is 12.4 Å². The Morgan fingerprint density at radius 1 is 1.26 bits per heavy atom. The fourth-order valence-corrected chi connectivity index (χ4v) is 3.71. The van der Waals surface area contributed by atoms with Gasteiger partial charge in [0.1, 0.15) is 5.82 Å². The number of nitrogens with one attached hydrogen (secondary N) is 1. The fraction of sp³-hybridized carbons (Fsp3) is 0.824. The van der Waals surface area contributed by atoms with E-state index < -0.39 is 0 Å². The molecule has 1 N–H and O–H groups in total. The average Bonchev–Trinajstić information content (AvgIpc) is 2.80. The van der Waals surface area contributed by atoms with Crippen LogP contribution in [0, 0.1) is 0 Å². The number of hydrogen-bond donors (Lipinski definition) is 1. The van der Waals surface area contributed by atoms with Crippen LogP contribution in [0.4, 0.5) is 0 Å². The van der Waals surface area contributed by atoms with Gasteiger partial charge in [0.25, 0.3) is 0 Å². The minimum Gasteiger partial charge on any atom is -0.377 e. The van der Waals surface area contributed by atoms with Crippen LogP contribution in [0.1, 0.15) is 50.4 Å². The van der Waals surface area contributed by atoms with Gasteiger partial charge in [0.15, 0.2) is 0 Å². The Morgan fingerprint density at radius 3 is 2.74 bits per heavy atom. The van der Waals surface area contributed by atoms with Gasteiger partial charge in [-0.05, 0) is 12.8 Å². The van der Waals surface area contributed by atoms with Crippen LogP contribution in [0.2, 0.25) is 0 Å². The normalized spacial score (nSPS) is 24.1. The molecule has 1 saturated carbocycles. The molecular formula is C17H31ClN4O. The van der Waals surface area contributed by atoms with E-state index in [2.05, 4.69) is 26.8 Å². The standard InChI is InChI=1S/C17H30N4O.ClH/c1-20-10-9-19-17(20)16-14-18-8-11-21(16)12-13-22-15-6-4-2-3-5-7-15;/h9-10,15-16,18H,2-8,11-14H2,1H3;1H. The van der Waals surface area contributed by atoms with E-state index >= 15 is 0 Å². The second-order valence-electron chi connectivity index (χ2n) is 6.64. The first kappa shape index (κ1) is 18.7. The van der Waals surface area contributed by atoms with Crippen LogP contribution in [0.3, 0.4) is 0 Å². The average molecular weight is 343 g/mol. The van der Waals surface area contributed by atoms with Gasteiger partial charge < -0.3 is 14.6 Å². The maximum absolute atomic E-state index is 6.17. The zero-order valence-electron chi connectivity index (χ0n) is 14.2. The summed E-state index contributed by atoms with van der Waals surface area (Å²) in [4.78, 5) is 7.06. The second kappa shape index (κ2) is 9.62. The number of rotatable bonds is 5. The maximum Gasteiger partial charge on any atom is 0.127 e. The van der Waals surface area contributed by atoms with Gasteiger partial charge in [0.05, 0.1) is 18.8 Å².